The Balaban J connectivity index is 2.07. The monoisotopic (exact) mass is 396 g/mol. The number of rotatable bonds is 11. The van der Waals surface area contributed by atoms with Gasteiger partial charge in [0.05, 0.1) is 12.2 Å². The van der Waals surface area contributed by atoms with Gasteiger partial charge in [-0.25, -0.2) is 0 Å². The number of nitrogens with one attached hydrogen (secondary N) is 1. The summed E-state index contributed by atoms with van der Waals surface area (Å²) in [6.07, 6.45) is 4.46. The third-order valence-electron chi connectivity index (χ3n) is 4.81. The lowest BCUT2D eigenvalue weighted by Gasteiger charge is -2.19. The lowest BCUT2D eigenvalue weighted by atomic mass is 10.1. The number of hydrogen-bond acceptors (Lipinski definition) is 3. The van der Waals surface area contributed by atoms with Crippen molar-refractivity contribution in [1.29, 1.82) is 0 Å². The third kappa shape index (κ3) is 6.63. The van der Waals surface area contributed by atoms with E-state index in [4.69, 9.17) is 4.74 Å². The van der Waals surface area contributed by atoms with Crippen LogP contribution in [0.5, 0.6) is 5.75 Å². The molecule has 2 rings (SSSR count). The molecule has 0 aliphatic rings. The fourth-order valence-electron chi connectivity index (χ4n) is 3.11. The van der Waals surface area contributed by atoms with Crippen LogP contribution in [0.2, 0.25) is 0 Å². The van der Waals surface area contributed by atoms with Crippen LogP contribution in [0.4, 0.5) is 5.69 Å². The standard InChI is InChI=1S/C24H32N2O3/c1-4-7-8-11-17-29-22-16-10-9-15-21(22)23(27)25-20-14-12-13-19(18-20)24(28)26(5-2)6-3/h9-10,12-16,18H,4-8,11,17H2,1-3H3,(H,25,27). The van der Waals surface area contributed by atoms with E-state index in [2.05, 4.69) is 12.2 Å². The van der Waals surface area contributed by atoms with Crippen LogP contribution >= 0.6 is 0 Å². The summed E-state index contributed by atoms with van der Waals surface area (Å²) in [4.78, 5) is 27.1. The largest absolute Gasteiger partial charge is 0.493 e. The molecule has 0 radical (unpaired) electrons. The maximum absolute atomic E-state index is 12.8. The number of carbonyl (C=O) groups excluding carboxylic acids is 2. The molecule has 29 heavy (non-hydrogen) atoms. The van der Waals surface area contributed by atoms with Crippen LogP contribution < -0.4 is 10.1 Å². The summed E-state index contributed by atoms with van der Waals surface area (Å²) < 4.78 is 5.84. The normalized spacial score (nSPS) is 10.4. The molecule has 0 atom stereocenters. The zero-order valence-corrected chi connectivity index (χ0v) is 17.7. The number of ether oxygens (including phenoxy) is 1. The number of hydrogen-bond donors (Lipinski definition) is 1. The van der Waals surface area contributed by atoms with Crippen LogP contribution in [0.1, 0.15) is 67.2 Å². The zero-order valence-electron chi connectivity index (χ0n) is 17.7. The fraction of sp³-hybridized carbons (Fsp3) is 0.417. The van der Waals surface area contributed by atoms with Crippen molar-refractivity contribution in [3.63, 3.8) is 0 Å². The summed E-state index contributed by atoms with van der Waals surface area (Å²) in [6, 6.07) is 14.3. The van der Waals surface area contributed by atoms with Gasteiger partial charge in [0.2, 0.25) is 0 Å². The molecule has 0 aliphatic heterocycles. The van der Waals surface area contributed by atoms with Gasteiger partial charge in [-0.15, -0.1) is 0 Å². The molecule has 0 aliphatic carbocycles. The highest BCUT2D eigenvalue weighted by Crippen LogP contribution is 2.21. The van der Waals surface area contributed by atoms with Crippen molar-refractivity contribution in [2.45, 2.75) is 46.5 Å². The molecule has 1 N–H and O–H groups in total. The fourth-order valence-corrected chi connectivity index (χ4v) is 3.11. The number of carbonyl (C=O) groups is 2. The molecule has 156 valence electrons. The van der Waals surface area contributed by atoms with Crippen LogP contribution in [-0.4, -0.2) is 36.4 Å². The summed E-state index contributed by atoms with van der Waals surface area (Å²) in [5.41, 5.74) is 1.64. The van der Waals surface area contributed by atoms with Gasteiger partial charge in [-0.2, -0.15) is 0 Å². The van der Waals surface area contributed by atoms with E-state index in [1.54, 1.807) is 35.2 Å². The van der Waals surface area contributed by atoms with Gasteiger partial charge in [-0.3, -0.25) is 9.59 Å². The van der Waals surface area contributed by atoms with E-state index in [1.807, 2.05) is 32.0 Å². The van der Waals surface area contributed by atoms with Gasteiger partial charge < -0.3 is 15.0 Å². The molecule has 0 heterocycles. The molecule has 2 aromatic rings. The van der Waals surface area contributed by atoms with E-state index in [-0.39, 0.29) is 11.8 Å². The molecule has 0 saturated carbocycles. The first kappa shape index (κ1) is 22.5. The lowest BCUT2D eigenvalue weighted by molar-refractivity contribution is 0.0772. The van der Waals surface area contributed by atoms with E-state index < -0.39 is 0 Å². The van der Waals surface area contributed by atoms with Gasteiger partial charge in [-0.05, 0) is 50.6 Å². The molecule has 0 saturated heterocycles. The number of para-hydroxylation sites is 1. The molecule has 2 aromatic carbocycles. The average molecular weight is 397 g/mol. The van der Waals surface area contributed by atoms with Crippen LogP contribution in [0.15, 0.2) is 48.5 Å². The molecule has 0 spiro atoms. The highest BCUT2D eigenvalue weighted by atomic mass is 16.5. The van der Waals surface area contributed by atoms with Gasteiger partial charge in [0.1, 0.15) is 5.75 Å². The summed E-state index contributed by atoms with van der Waals surface area (Å²) in [5.74, 6) is 0.292. The second-order valence-corrected chi connectivity index (χ2v) is 6.92. The van der Waals surface area contributed by atoms with Crippen LogP contribution in [0.25, 0.3) is 0 Å². The lowest BCUT2D eigenvalue weighted by Crippen LogP contribution is -2.30. The summed E-state index contributed by atoms with van der Waals surface area (Å²) >= 11 is 0. The molecular formula is C24H32N2O3. The van der Waals surface area contributed by atoms with E-state index >= 15 is 0 Å². The van der Waals surface area contributed by atoms with Crippen LogP contribution in [0, 0.1) is 0 Å². The number of anilines is 1. The Hall–Kier alpha value is -2.82. The first-order valence-corrected chi connectivity index (χ1v) is 10.5. The predicted molar refractivity (Wildman–Crippen MR) is 118 cm³/mol. The predicted octanol–water partition coefficient (Wildman–Crippen LogP) is 5.38. The van der Waals surface area contributed by atoms with Crippen LogP contribution in [0.3, 0.4) is 0 Å². The van der Waals surface area contributed by atoms with Crippen molar-refractivity contribution in [3.8, 4) is 5.75 Å². The second kappa shape index (κ2) is 11.9. The van der Waals surface area contributed by atoms with Gasteiger partial charge >= 0.3 is 0 Å². The topological polar surface area (TPSA) is 58.6 Å². The van der Waals surface area contributed by atoms with E-state index in [1.165, 1.54) is 12.8 Å². The Morgan fingerprint density at radius 1 is 0.931 bits per heavy atom. The third-order valence-corrected chi connectivity index (χ3v) is 4.81. The molecule has 0 fully saturated rings. The maximum atomic E-state index is 12.8. The summed E-state index contributed by atoms with van der Waals surface area (Å²) in [7, 11) is 0. The highest BCUT2D eigenvalue weighted by Gasteiger charge is 2.15. The molecule has 2 amide bonds. The SMILES string of the molecule is CCCCCCOc1ccccc1C(=O)Nc1cccc(C(=O)N(CC)CC)c1. The molecule has 0 aromatic heterocycles. The average Bonchev–Trinajstić information content (AvgIpc) is 2.75. The summed E-state index contributed by atoms with van der Waals surface area (Å²) in [5, 5.41) is 2.89. The van der Waals surface area contributed by atoms with Gasteiger partial charge in [0, 0.05) is 24.3 Å². The van der Waals surface area contributed by atoms with Crippen molar-refractivity contribution in [3.05, 3.63) is 59.7 Å². The minimum atomic E-state index is -0.249. The highest BCUT2D eigenvalue weighted by molar-refractivity contribution is 6.06. The first-order chi connectivity index (χ1) is 14.1. The Morgan fingerprint density at radius 2 is 1.69 bits per heavy atom. The van der Waals surface area contributed by atoms with Crippen molar-refractivity contribution < 1.29 is 14.3 Å². The van der Waals surface area contributed by atoms with Gasteiger partial charge in [0.15, 0.2) is 0 Å². The molecule has 0 unspecified atom stereocenters. The van der Waals surface area contributed by atoms with Crippen molar-refractivity contribution in [1.82, 2.24) is 4.90 Å². The number of nitrogens with zero attached hydrogens (tertiary/aromatic N) is 1. The van der Waals surface area contributed by atoms with Crippen molar-refractivity contribution >= 4 is 17.5 Å². The van der Waals surface area contributed by atoms with Crippen molar-refractivity contribution in [2.24, 2.45) is 0 Å². The Labute approximate surface area is 174 Å². The van der Waals surface area contributed by atoms with Gasteiger partial charge in [0.25, 0.3) is 11.8 Å². The minimum absolute atomic E-state index is 0.0399. The number of benzene rings is 2. The number of unbranched alkanes of at least 4 members (excludes halogenated alkanes) is 3. The molecule has 0 bridgehead atoms. The Bertz CT molecular complexity index is 800. The molecule has 5 nitrogen and oxygen atoms in total. The van der Waals surface area contributed by atoms with E-state index in [0.717, 1.165) is 12.8 Å². The maximum Gasteiger partial charge on any atom is 0.259 e. The Kier molecular flexibility index (Phi) is 9.22. The molecule has 5 heteroatoms. The van der Waals surface area contributed by atoms with E-state index in [0.29, 0.717) is 42.3 Å². The van der Waals surface area contributed by atoms with Gasteiger partial charge in [-0.1, -0.05) is 44.4 Å². The summed E-state index contributed by atoms with van der Waals surface area (Å²) in [6.45, 7) is 7.96. The quantitative estimate of drug-likeness (QED) is 0.519. The smallest absolute Gasteiger partial charge is 0.259 e. The Morgan fingerprint density at radius 3 is 2.41 bits per heavy atom. The van der Waals surface area contributed by atoms with Crippen LogP contribution in [-0.2, 0) is 0 Å². The van der Waals surface area contributed by atoms with Crippen molar-refractivity contribution in [2.75, 3.05) is 25.0 Å². The number of amides is 2. The minimum Gasteiger partial charge on any atom is -0.493 e. The second-order valence-electron chi connectivity index (χ2n) is 6.92. The zero-order chi connectivity index (χ0) is 21.1. The first-order valence-electron chi connectivity index (χ1n) is 10.5. The molecular weight excluding hydrogens is 364 g/mol. The van der Waals surface area contributed by atoms with E-state index in [9.17, 15) is 9.59 Å².